The average Bonchev–Trinajstić information content (AvgIpc) is 3.29. The van der Waals surface area contributed by atoms with Crippen LogP contribution in [0.1, 0.15) is 22.6 Å². The maximum atomic E-state index is 5.88. The van der Waals surface area contributed by atoms with E-state index in [1.165, 1.54) is 16.8 Å². The average molecular weight is 368 g/mol. The lowest BCUT2D eigenvalue weighted by Crippen LogP contribution is -2.46. The van der Waals surface area contributed by atoms with Gasteiger partial charge >= 0.3 is 0 Å². The molecule has 136 valence electrons. The molecule has 1 aliphatic heterocycles. The minimum Gasteiger partial charge on any atom is -0.440 e. The molecule has 1 saturated heterocycles. The molecule has 4 rings (SSSR count). The van der Waals surface area contributed by atoms with Gasteiger partial charge in [0, 0.05) is 38.4 Å². The van der Waals surface area contributed by atoms with Crippen molar-refractivity contribution in [3.05, 3.63) is 58.3 Å². The summed E-state index contributed by atoms with van der Waals surface area (Å²) in [7, 11) is 0. The zero-order chi connectivity index (χ0) is 18.1. The summed E-state index contributed by atoms with van der Waals surface area (Å²) in [6.45, 7) is 11.5. The summed E-state index contributed by atoms with van der Waals surface area (Å²) in [6, 6.07) is 10.7. The lowest BCUT2D eigenvalue weighted by molar-refractivity contribution is 0.246. The van der Waals surface area contributed by atoms with Crippen LogP contribution in [0.25, 0.3) is 10.8 Å². The van der Waals surface area contributed by atoms with Crippen molar-refractivity contribution in [3.8, 4) is 10.8 Å². The molecular formula is C21H25N3OS. The highest BCUT2D eigenvalue weighted by Gasteiger charge is 2.21. The van der Waals surface area contributed by atoms with Crippen LogP contribution in [-0.4, -0.2) is 36.1 Å². The van der Waals surface area contributed by atoms with Crippen molar-refractivity contribution >= 4 is 17.0 Å². The van der Waals surface area contributed by atoms with E-state index in [1.54, 1.807) is 11.3 Å². The van der Waals surface area contributed by atoms with Gasteiger partial charge in [-0.05, 0) is 49.4 Å². The summed E-state index contributed by atoms with van der Waals surface area (Å²) in [5, 5.41) is 2.06. The molecule has 0 spiro atoms. The third-order valence-corrected chi connectivity index (χ3v) is 6.14. The number of benzene rings is 1. The Kier molecular flexibility index (Phi) is 4.83. The molecule has 3 heterocycles. The van der Waals surface area contributed by atoms with E-state index in [4.69, 9.17) is 9.40 Å². The van der Waals surface area contributed by atoms with Gasteiger partial charge in [0.05, 0.1) is 10.6 Å². The third kappa shape index (κ3) is 3.41. The number of aryl methyl sites for hydroxylation is 2. The summed E-state index contributed by atoms with van der Waals surface area (Å²) in [5.74, 6) is 1.69. The Labute approximate surface area is 159 Å². The van der Waals surface area contributed by atoms with E-state index in [2.05, 4.69) is 53.3 Å². The Balaban J connectivity index is 1.41. The Morgan fingerprint density at radius 1 is 1.04 bits per heavy atom. The van der Waals surface area contributed by atoms with E-state index in [1.807, 2.05) is 13.0 Å². The maximum absolute atomic E-state index is 5.88. The zero-order valence-corrected chi connectivity index (χ0v) is 16.5. The van der Waals surface area contributed by atoms with Crippen LogP contribution in [-0.2, 0) is 6.54 Å². The minimum atomic E-state index is 0.751. The summed E-state index contributed by atoms with van der Waals surface area (Å²) >= 11 is 1.67. The predicted octanol–water partition coefficient (Wildman–Crippen LogP) is 4.65. The molecule has 0 N–H and O–H groups in total. The first kappa shape index (κ1) is 17.3. The zero-order valence-electron chi connectivity index (χ0n) is 15.7. The molecule has 0 unspecified atom stereocenters. The number of oxazole rings is 1. The summed E-state index contributed by atoms with van der Waals surface area (Å²) < 4.78 is 5.88. The van der Waals surface area contributed by atoms with E-state index < -0.39 is 0 Å². The maximum Gasteiger partial charge on any atom is 0.236 e. The van der Waals surface area contributed by atoms with Crippen LogP contribution in [0.2, 0.25) is 0 Å². The molecule has 26 heavy (non-hydrogen) atoms. The number of thiophene rings is 1. The van der Waals surface area contributed by atoms with Crippen molar-refractivity contribution < 1.29 is 4.42 Å². The van der Waals surface area contributed by atoms with Gasteiger partial charge in [-0.3, -0.25) is 4.90 Å². The fourth-order valence-corrected chi connectivity index (χ4v) is 4.17. The lowest BCUT2D eigenvalue weighted by atomic mass is 10.1. The second-order valence-corrected chi connectivity index (χ2v) is 7.93. The van der Waals surface area contributed by atoms with Gasteiger partial charge in [0.2, 0.25) is 5.89 Å². The molecular weight excluding hydrogens is 342 g/mol. The van der Waals surface area contributed by atoms with E-state index >= 15 is 0 Å². The molecule has 2 aromatic heterocycles. The molecule has 5 heteroatoms. The van der Waals surface area contributed by atoms with Gasteiger partial charge < -0.3 is 9.32 Å². The monoisotopic (exact) mass is 367 g/mol. The molecule has 4 nitrogen and oxygen atoms in total. The van der Waals surface area contributed by atoms with Gasteiger partial charge in [-0.25, -0.2) is 4.98 Å². The van der Waals surface area contributed by atoms with Crippen molar-refractivity contribution in [1.29, 1.82) is 0 Å². The van der Waals surface area contributed by atoms with Crippen LogP contribution >= 0.6 is 11.3 Å². The SMILES string of the molecule is Cc1cccc(N2CCN(Cc3nc(-c4cccs4)oc3C)CC2)c1C. The van der Waals surface area contributed by atoms with Crippen LogP contribution in [0.15, 0.2) is 40.1 Å². The highest BCUT2D eigenvalue weighted by Crippen LogP contribution is 2.27. The Morgan fingerprint density at radius 3 is 2.58 bits per heavy atom. The molecule has 0 aliphatic carbocycles. The Bertz CT molecular complexity index is 877. The standard InChI is InChI=1S/C21H25N3OS/c1-15-6-4-7-19(16(15)2)24-11-9-23(10-12-24)14-18-17(3)25-21(22-18)20-8-5-13-26-20/h4-8,13H,9-12,14H2,1-3H3. The highest BCUT2D eigenvalue weighted by atomic mass is 32.1. The van der Waals surface area contributed by atoms with Gasteiger partial charge in [0.15, 0.2) is 0 Å². The molecule has 0 bridgehead atoms. The van der Waals surface area contributed by atoms with Crippen molar-refractivity contribution in [2.24, 2.45) is 0 Å². The Hall–Kier alpha value is -2.11. The minimum absolute atomic E-state index is 0.751. The second kappa shape index (κ2) is 7.25. The first-order valence-corrected chi connectivity index (χ1v) is 10.0. The first-order chi connectivity index (χ1) is 12.6. The molecule has 1 aliphatic rings. The topological polar surface area (TPSA) is 32.5 Å². The third-order valence-electron chi connectivity index (χ3n) is 5.29. The molecule has 0 amide bonds. The van der Waals surface area contributed by atoms with Crippen LogP contribution in [0.4, 0.5) is 5.69 Å². The number of hydrogen-bond acceptors (Lipinski definition) is 5. The Morgan fingerprint density at radius 2 is 1.85 bits per heavy atom. The normalized spacial score (nSPS) is 15.6. The van der Waals surface area contributed by atoms with Gasteiger partial charge in [-0.15, -0.1) is 11.3 Å². The van der Waals surface area contributed by atoms with Gasteiger partial charge in [0.25, 0.3) is 0 Å². The van der Waals surface area contributed by atoms with Crippen LogP contribution in [0, 0.1) is 20.8 Å². The van der Waals surface area contributed by atoms with Crippen molar-refractivity contribution in [2.45, 2.75) is 27.3 Å². The molecule has 0 radical (unpaired) electrons. The van der Waals surface area contributed by atoms with E-state index in [9.17, 15) is 0 Å². The fourth-order valence-electron chi connectivity index (χ4n) is 3.52. The number of hydrogen-bond donors (Lipinski definition) is 0. The number of piperazine rings is 1. The van der Waals surface area contributed by atoms with Crippen LogP contribution in [0.3, 0.4) is 0 Å². The molecule has 3 aromatic rings. The molecule has 1 aromatic carbocycles. The van der Waals surface area contributed by atoms with Gasteiger partial charge in [-0.2, -0.15) is 0 Å². The molecule has 1 fully saturated rings. The van der Waals surface area contributed by atoms with Crippen molar-refractivity contribution in [3.63, 3.8) is 0 Å². The highest BCUT2D eigenvalue weighted by molar-refractivity contribution is 7.13. The second-order valence-electron chi connectivity index (χ2n) is 6.98. The number of aromatic nitrogens is 1. The van der Waals surface area contributed by atoms with E-state index in [0.717, 1.165) is 54.9 Å². The summed E-state index contributed by atoms with van der Waals surface area (Å²) in [5.41, 5.74) is 5.20. The van der Waals surface area contributed by atoms with E-state index in [-0.39, 0.29) is 0 Å². The number of anilines is 1. The largest absolute Gasteiger partial charge is 0.440 e. The van der Waals surface area contributed by atoms with E-state index in [0.29, 0.717) is 0 Å². The summed E-state index contributed by atoms with van der Waals surface area (Å²) in [4.78, 5) is 10.8. The summed E-state index contributed by atoms with van der Waals surface area (Å²) in [6.07, 6.45) is 0. The predicted molar refractivity (Wildman–Crippen MR) is 108 cm³/mol. The van der Waals surface area contributed by atoms with Crippen LogP contribution < -0.4 is 4.90 Å². The fraction of sp³-hybridized carbons (Fsp3) is 0.381. The van der Waals surface area contributed by atoms with Gasteiger partial charge in [-0.1, -0.05) is 18.2 Å². The first-order valence-electron chi connectivity index (χ1n) is 9.15. The van der Waals surface area contributed by atoms with Crippen LogP contribution in [0.5, 0.6) is 0 Å². The van der Waals surface area contributed by atoms with Crippen molar-refractivity contribution in [1.82, 2.24) is 9.88 Å². The molecule has 0 atom stereocenters. The van der Waals surface area contributed by atoms with Gasteiger partial charge in [0.1, 0.15) is 5.76 Å². The van der Waals surface area contributed by atoms with Crippen molar-refractivity contribution in [2.75, 3.05) is 31.1 Å². The number of rotatable bonds is 4. The molecule has 0 saturated carbocycles. The quantitative estimate of drug-likeness (QED) is 0.672. The number of nitrogens with zero attached hydrogens (tertiary/aromatic N) is 3. The lowest BCUT2D eigenvalue weighted by Gasteiger charge is -2.36. The smallest absolute Gasteiger partial charge is 0.236 e.